The molecule has 1 aliphatic rings. The van der Waals surface area contributed by atoms with Crippen molar-refractivity contribution in [3.05, 3.63) is 12.0 Å². The number of nitrogens with zero attached hydrogens (tertiary/aromatic N) is 2. The number of nitrogens with two attached hydrogens (primary N) is 1. The van der Waals surface area contributed by atoms with Crippen LogP contribution in [-0.4, -0.2) is 91.8 Å². The van der Waals surface area contributed by atoms with Gasteiger partial charge in [0, 0.05) is 12.8 Å². The van der Waals surface area contributed by atoms with Gasteiger partial charge in [0.15, 0.2) is 18.0 Å². The molecule has 0 spiro atoms. The third-order valence-electron chi connectivity index (χ3n) is 11.1. The van der Waals surface area contributed by atoms with Crippen molar-refractivity contribution in [3.8, 4) is 5.88 Å². The maximum absolute atomic E-state index is 12.9. The SMILES string of the molecule is CCCCCCCCCCCCCCCC(=O)OC[C@@H](COP(=O)(O)OC[C@H]1O[C@@H](n2cnc(C(N)=O)c2O)[C@H](O)[C@@H]1O)OC(=O)CCCCCCCCCCCCCCC. The fraction of sp³-hybridized carbons (Fsp3) is 0.864. The summed E-state index contributed by atoms with van der Waals surface area (Å²) in [6, 6.07) is 0. The topological polar surface area (TPSA) is 239 Å². The van der Waals surface area contributed by atoms with Gasteiger partial charge < -0.3 is 40.2 Å². The van der Waals surface area contributed by atoms with E-state index in [0.29, 0.717) is 12.8 Å². The number of phosphoric acid groups is 1. The van der Waals surface area contributed by atoms with E-state index in [1.807, 2.05) is 0 Å². The molecule has 0 bridgehead atoms. The highest BCUT2D eigenvalue weighted by Crippen LogP contribution is 2.45. The molecular formula is C44H80N3O13P. The van der Waals surface area contributed by atoms with Gasteiger partial charge in [-0.05, 0) is 12.8 Å². The molecule has 1 fully saturated rings. The van der Waals surface area contributed by atoms with Gasteiger partial charge in [-0.2, -0.15) is 0 Å². The Morgan fingerprint density at radius 2 is 1.15 bits per heavy atom. The molecule has 1 aliphatic heterocycles. The first-order valence-corrected chi connectivity index (χ1v) is 24.9. The molecule has 0 aliphatic carbocycles. The molecule has 1 saturated heterocycles. The highest BCUT2D eigenvalue weighted by molar-refractivity contribution is 7.47. The number of aliphatic hydroxyl groups excluding tert-OH is 2. The average molecular weight is 890 g/mol. The predicted octanol–water partition coefficient (Wildman–Crippen LogP) is 8.86. The van der Waals surface area contributed by atoms with Crippen LogP contribution in [0.1, 0.15) is 210 Å². The lowest BCUT2D eigenvalue weighted by Gasteiger charge is -2.21. The van der Waals surface area contributed by atoms with Gasteiger partial charge in [-0.3, -0.25) is 28.0 Å². The molecule has 17 heteroatoms. The molecule has 1 aromatic rings. The number of carbonyl (C=O) groups excluding carboxylic acids is 3. The molecule has 1 aromatic heterocycles. The number of primary amides is 1. The van der Waals surface area contributed by atoms with Crippen molar-refractivity contribution >= 4 is 25.7 Å². The molecule has 354 valence electrons. The number of rotatable bonds is 39. The first kappa shape index (κ1) is 54.5. The highest BCUT2D eigenvalue weighted by Gasteiger charge is 2.46. The number of esters is 2. The number of aromatic hydroxyl groups is 1. The number of hydrogen-bond acceptors (Lipinski definition) is 13. The Balaban J connectivity index is 1.78. The Morgan fingerprint density at radius 3 is 1.59 bits per heavy atom. The third-order valence-corrected chi connectivity index (χ3v) is 12.1. The fourth-order valence-electron chi connectivity index (χ4n) is 7.39. The molecule has 16 nitrogen and oxygen atoms in total. The van der Waals surface area contributed by atoms with Gasteiger partial charge in [0.1, 0.15) is 31.2 Å². The molecule has 1 unspecified atom stereocenters. The van der Waals surface area contributed by atoms with Crippen LogP contribution < -0.4 is 5.73 Å². The normalized spacial score (nSPS) is 19.2. The van der Waals surface area contributed by atoms with Gasteiger partial charge in [0.25, 0.3) is 5.91 Å². The van der Waals surface area contributed by atoms with E-state index >= 15 is 0 Å². The van der Waals surface area contributed by atoms with Crippen molar-refractivity contribution in [1.82, 2.24) is 9.55 Å². The van der Waals surface area contributed by atoms with E-state index < -0.39 is 81.1 Å². The molecule has 6 N–H and O–H groups in total. The molecule has 2 rings (SSSR count). The Kier molecular flexibility index (Phi) is 29.5. The van der Waals surface area contributed by atoms with E-state index in [4.69, 9.17) is 29.0 Å². The summed E-state index contributed by atoms with van der Waals surface area (Å²) in [7, 11) is -4.88. The van der Waals surface area contributed by atoms with Gasteiger partial charge in [-0.25, -0.2) is 9.55 Å². The van der Waals surface area contributed by atoms with Crippen LogP contribution in [-0.2, 0) is 37.4 Å². The van der Waals surface area contributed by atoms with Crippen LogP contribution in [0.25, 0.3) is 0 Å². The molecule has 61 heavy (non-hydrogen) atoms. The Hall–Kier alpha value is -2.59. The summed E-state index contributed by atoms with van der Waals surface area (Å²) in [5, 5.41) is 31.3. The zero-order chi connectivity index (χ0) is 44.7. The van der Waals surface area contributed by atoms with Crippen LogP contribution in [0.2, 0.25) is 0 Å². The zero-order valence-corrected chi connectivity index (χ0v) is 38.2. The molecule has 0 aromatic carbocycles. The first-order chi connectivity index (χ1) is 29.4. The third kappa shape index (κ3) is 24.2. The number of unbranched alkanes of at least 4 members (excludes halogenated alkanes) is 24. The van der Waals surface area contributed by atoms with E-state index in [1.54, 1.807) is 0 Å². The van der Waals surface area contributed by atoms with Gasteiger partial charge in [0.05, 0.1) is 13.2 Å². The van der Waals surface area contributed by atoms with E-state index in [-0.39, 0.29) is 19.4 Å². The van der Waals surface area contributed by atoms with Crippen molar-refractivity contribution in [3.63, 3.8) is 0 Å². The van der Waals surface area contributed by atoms with Crippen LogP contribution in [0, 0.1) is 0 Å². The number of aromatic nitrogens is 2. The number of imidazole rings is 1. The average Bonchev–Trinajstić information content (AvgIpc) is 3.75. The minimum absolute atomic E-state index is 0.127. The monoisotopic (exact) mass is 890 g/mol. The maximum Gasteiger partial charge on any atom is 0.472 e. The van der Waals surface area contributed by atoms with Crippen molar-refractivity contribution in [2.45, 2.75) is 224 Å². The van der Waals surface area contributed by atoms with Crippen molar-refractivity contribution in [1.29, 1.82) is 0 Å². The lowest BCUT2D eigenvalue weighted by molar-refractivity contribution is -0.161. The Labute approximate surface area is 364 Å². The van der Waals surface area contributed by atoms with Gasteiger partial charge in [0.2, 0.25) is 5.88 Å². The zero-order valence-electron chi connectivity index (χ0n) is 37.3. The molecule has 0 radical (unpaired) electrons. The fourth-order valence-corrected chi connectivity index (χ4v) is 8.15. The van der Waals surface area contributed by atoms with Crippen LogP contribution in [0.15, 0.2) is 6.33 Å². The van der Waals surface area contributed by atoms with Gasteiger partial charge >= 0.3 is 19.8 Å². The van der Waals surface area contributed by atoms with E-state index in [1.165, 1.54) is 116 Å². The van der Waals surface area contributed by atoms with E-state index in [9.17, 15) is 39.2 Å². The quantitative estimate of drug-likeness (QED) is 0.0236. The lowest BCUT2D eigenvalue weighted by Crippen LogP contribution is -2.34. The minimum atomic E-state index is -4.88. The van der Waals surface area contributed by atoms with Crippen molar-refractivity contribution in [2.75, 3.05) is 19.8 Å². The number of amides is 1. The second-order valence-corrected chi connectivity index (χ2v) is 18.0. The van der Waals surface area contributed by atoms with Crippen molar-refractivity contribution < 1.29 is 62.4 Å². The number of ether oxygens (including phenoxy) is 3. The Morgan fingerprint density at radius 1 is 0.705 bits per heavy atom. The summed E-state index contributed by atoms with van der Waals surface area (Å²) >= 11 is 0. The molecule has 0 saturated carbocycles. The van der Waals surface area contributed by atoms with Gasteiger partial charge in [-0.15, -0.1) is 0 Å². The second-order valence-electron chi connectivity index (χ2n) is 16.6. The summed E-state index contributed by atoms with van der Waals surface area (Å²) in [4.78, 5) is 51.0. The minimum Gasteiger partial charge on any atom is -0.493 e. The Bertz CT molecular complexity index is 1380. The summed E-state index contributed by atoms with van der Waals surface area (Å²) in [6.07, 6.45) is 24.4. The molecular weight excluding hydrogens is 809 g/mol. The number of aliphatic hydroxyl groups is 2. The second kappa shape index (κ2) is 33.0. The number of phosphoric ester groups is 1. The standard InChI is InChI=1S/C44H80N3O13P/c1-3-5-7-9-11-13-15-17-19-21-23-25-27-29-37(48)56-31-35(59-38(49)30-28-26-24-22-20-18-16-14-12-10-8-6-4-2)32-57-61(54,55)58-33-36-40(50)41(51)44(60-36)47-34-46-39(42(45)52)43(47)53/h34-36,40-41,44,50-51,53H,3-33H2,1-2H3,(H2,45,52)(H,54,55)/t35-,36+,40+,41+,44+/m0/s1. The smallest absolute Gasteiger partial charge is 0.472 e. The number of carbonyl (C=O) groups is 3. The van der Waals surface area contributed by atoms with Crippen LogP contribution in [0.4, 0.5) is 0 Å². The molecule has 1 amide bonds. The van der Waals surface area contributed by atoms with E-state index in [2.05, 4.69) is 18.8 Å². The van der Waals surface area contributed by atoms with Crippen LogP contribution in [0.3, 0.4) is 0 Å². The first-order valence-electron chi connectivity index (χ1n) is 23.4. The summed E-state index contributed by atoms with van der Waals surface area (Å²) in [6.45, 7) is 2.69. The molecule has 6 atom stereocenters. The van der Waals surface area contributed by atoms with E-state index in [0.717, 1.165) is 49.4 Å². The number of hydrogen-bond donors (Lipinski definition) is 5. The summed E-state index contributed by atoms with van der Waals surface area (Å²) in [5.41, 5.74) is 4.69. The molecule has 2 heterocycles. The maximum atomic E-state index is 12.9. The summed E-state index contributed by atoms with van der Waals surface area (Å²) < 4.78 is 40.4. The van der Waals surface area contributed by atoms with Crippen LogP contribution >= 0.6 is 7.82 Å². The van der Waals surface area contributed by atoms with Crippen molar-refractivity contribution in [2.24, 2.45) is 5.73 Å². The van der Waals surface area contributed by atoms with Gasteiger partial charge in [-0.1, -0.05) is 168 Å². The lowest BCUT2D eigenvalue weighted by atomic mass is 10.0. The summed E-state index contributed by atoms with van der Waals surface area (Å²) in [5.74, 6) is -2.77. The predicted molar refractivity (Wildman–Crippen MR) is 232 cm³/mol. The highest BCUT2D eigenvalue weighted by atomic mass is 31.2. The largest absolute Gasteiger partial charge is 0.493 e. The van der Waals surface area contributed by atoms with Crippen LogP contribution in [0.5, 0.6) is 5.88 Å².